The maximum atomic E-state index is 12.4. The van der Waals surface area contributed by atoms with Crippen LogP contribution in [0.1, 0.15) is 34.6 Å². The lowest BCUT2D eigenvalue weighted by Crippen LogP contribution is -2.16. The molecule has 0 spiro atoms. The number of nitrogens with one attached hydrogen (secondary N) is 2. The Morgan fingerprint density at radius 3 is 1.95 bits per heavy atom. The van der Waals surface area contributed by atoms with Gasteiger partial charge in [-0.3, -0.25) is 9.59 Å². The number of carbonyl (C=O) groups excluding carboxylic acids is 2. The number of carbonyl (C=O) groups is 2. The van der Waals surface area contributed by atoms with Crippen molar-refractivity contribution in [1.29, 1.82) is 0 Å². The highest BCUT2D eigenvalue weighted by Gasteiger charge is 2.60. The van der Waals surface area contributed by atoms with Crippen LogP contribution in [-0.4, -0.2) is 11.8 Å². The minimum absolute atomic E-state index is 0.0114. The van der Waals surface area contributed by atoms with Crippen molar-refractivity contribution in [3.63, 3.8) is 0 Å². The molecule has 1 saturated carbocycles. The summed E-state index contributed by atoms with van der Waals surface area (Å²) in [5, 5.41) is 5.67. The third kappa shape index (κ3) is 3.56. The van der Waals surface area contributed by atoms with Crippen LogP contribution in [0.5, 0.6) is 0 Å². The molecule has 1 aliphatic carbocycles. The molecule has 4 heteroatoms. The van der Waals surface area contributed by atoms with Crippen LogP contribution in [0.2, 0.25) is 0 Å². The van der Waals surface area contributed by atoms with Crippen LogP contribution < -0.4 is 10.6 Å². The Hall–Kier alpha value is -2.10. The van der Waals surface area contributed by atoms with Gasteiger partial charge in [0.1, 0.15) is 0 Å². The molecular weight excluding hydrogens is 276 g/mol. The van der Waals surface area contributed by atoms with Gasteiger partial charge in [-0.05, 0) is 49.4 Å². The number of benzene rings is 1. The van der Waals surface area contributed by atoms with Crippen molar-refractivity contribution in [2.45, 2.75) is 34.6 Å². The molecule has 0 radical (unpaired) electrons. The lowest BCUT2D eigenvalue weighted by atomic mass is 10.1. The summed E-state index contributed by atoms with van der Waals surface area (Å²) < 4.78 is 0. The molecular formula is C18H24N2O2. The molecule has 2 rings (SSSR count). The van der Waals surface area contributed by atoms with E-state index in [0.29, 0.717) is 5.92 Å². The number of hydrogen-bond donors (Lipinski definition) is 2. The Morgan fingerprint density at radius 2 is 1.50 bits per heavy atom. The fourth-order valence-electron chi connectivity index (χ4n) is 2.91. The van der Waals surface area contributed by atoms with Crippen LogP contribution in [0.4, 0.5) is 11.4 Å². The molecule has 2 atom stereocenters. The summed E-state index contributed by atoms with van der Waals surface area (Å²) in [7, 11) is 0. The second kappa shape index (κ2) is 5.95. The number of hydrogen-bond acceptors (Lipinski definition) is 2. The van der Waals surface area contributed by atoms with E-state index >= 15 is 0 Å². The van der Waals surface area contributed by atoms with E-state index in [2.05, 4.69) is 44.4 Å². The molecule has 118 valence electrons. The summed E-state index contributed by atoms with van der Waals surface area (Å²) in [5.74, 6) is 0.259. The zero-order valence-electron chi connectivity index (χ0n) is 13.9. The first-order valence-corrected chi connectivity index (χ1v) is 7.55. The Morgan fingerprint density at radius 1 is 1.00 bits per heavy atom. The van der Waals surface area contributed by atoms with Gasteiger partial charge in [0.05, 0.1) is 5.92 Å². The second-order valence-electron chi connectivity index (χ2n) is 6.82. The van der Waals surface area contributed by atoms with E-state index in [9.17, 15) is 9.59 Å². The first-order valence-electron chi connectivity index (χ1n) is 7.55. The van der Waals surface area contributed by atoms with Gasteiger partial charge < -0.3 is 10.6 Å². The van der Waals surface area contributed by atoms with Crippen molar-refractivity contribution < 1.29 is 9.59 Å². The molecule has 1 aromatic carbocycles. The standard InChI is InChI=1S/C18H24N2O2/c1-11(2)10-15-16(18(15,4)5)17(22)20-14-8-6-13(7-9-14)19-12(3)21/h6-10,15-16H,1-5H3,(H,19,21)(H,20,22)/t15-,16-/m1/s1. The molecule has 22 heavy (non-hydrogen) atoms. The summed E-state index contributed by atoms with van der Waals surface area (Å²) in [6.07, 6.45) is 2.18. The van der Waals surface area contributed by atoms with Crippen LogP contribution in [0.15, 0.2) is 35.9 Å². The highest BCUT2D eigenvalue weighted by Crippen LogP contribution is 2.59. The number of amides is 2. The van der Waals surface area contributed by atoms with Gasteiger partial charge in [-0.25, -0.2) is 0 Å². The van der Waals surface area contributed by atoms with Gasteiger partial charge in [-0.15, -0.1) is 0 Å². The van der Waals surface area contributed by atoms with Gasteiger partial charge >= 0.3 is 0 Å². The third-order valence-electron chi connectivity index (χ3n) is 4.18. The molecule has 0 unspecified atom stereocenters. The number of anilines is 2. The Kier molecular flexibility index (Phi) is 4.40. The van der Waals surface area contributed by atoms with E-state index in [-0.39, 0.29) is 23.1 Å². The Labute approximate surface area is 132 Å². The lowest BCUT2D eigenvalue weighted by Gasteiger charge is -2.07. The van der Waals surface area contributed by atoms with E-state index in [1.165, 1.54) is 12.5 Å². The minimum Gasteiger partial charge on any atom is -0.326 e. The fraction of sp³-hybridized carbons (Fsp3) is 0.444. The monoisotopic (exact) mass is 300 g/mol. The van der Waals surface area contributed by atoms with Crippen LogP contribution >= 0.6 is 0 Å². The Balaban J connectivity index is 2.01. The van der Waals surface area contributed by atoms with Crippen molar-refractivity contribution in [2.24, 2.45) is 17.3 Å². The van der Waals surface area contributed by atoms with Crippen molar-refractivity contribution in [1.82, 2.24) is 0 Å². The zero-order valence-corrected chi connectivity index (χ0v) is 13.9. The first-order chi connectivity index (χ1) is 10.2. The van der Waals surface area contributed by atoms with E-state index in [0.717, 1.165) is 11.4 Å². The summed E-state index contributed by atoms with van der Waals surface area (Å²) >= 11 is 0. The quantitative estimate of drug-likeness (QED) is 0.830. The van der Waals surface area contributed by atoms with Crippen molar-refractivity contribution in [3.8, 4) is 0 Å². The van der Waals surface area contributed by atoms with E-state index < -0.39 is 0 Å². The number of rotatable bonds is 4. The molecule has 0 saturated heterocycles. The average molecular weight is 300 g/mol. The molecule has 0 heterocycles. The Bertz CT molecular complexity index is 610. The van der Waals surface area contributed by atoms with Crippen LogP contribution in [-0.2, 0) is 9.59 Å². The van der Waals surface area contributed by atoms with Gasteiger partial charge in [0.2, 0.25) is 11.8 Å². The first kappa shape index (κ1) is 16.3. The molecule has 2 amide bonds. The summed E-state index contributed by atoms with van der Waals surface area (Å²) in [6, 6.07) is 7.16. The molecule has 0 aliphatic heterocycles. The summed E-state index contributed by atoms with van der Waals surface area (Å²) in [5.41, 5.74) is 2.72. The van der Waals surface area contributed by atoms with Gasteiger partial charge in [-0.2, -0.15) is 0 Å². The predicted octanol–water partition coefficient (Wildman–Crippen LogP) is 3.82. The van der Waals surface area contributed by atoms with E-state index in [1.54, 1.807) is 24.3 Å². The topological polar surface area (TPSA) is 58.2 Å². The molecule has 0 aromatic heterocycles. The second-order valence-corrected chi connectivity index (χ2v) is 6.82. The lowest BCUT2D eigenvalue weighted by molar-refractivity contribution is -0.118. The normalized spacial score (nSPS) is 21.7. The van der Waals surface area contributed by atoms with Crippen LogP contribution in [0.25, 0.3) is 0 Å². The average Bonchev–Trinajstić information content (AvgIpc) is 2.91. The van der Waals surface area contributed by atoms with Gasteiger partial charge in [0.15, 0.2) is 0 Å². The molecule has 4 nitrogen and oxygen atoms in total. The molecule has 0 bridgehead atoms. The fourth-order valence-corrected chi connectivity index (χ4v) is 2.91. The van der Waals surface area contributed by atoms with Gasteiger partial charge in [0.25, 0.3) is 0 Å². The predicted molar refractivity (Wildman–Crippen MR) is 89.6 cm³/mol. The summed E-state index contributed by atoms with van der Waals surface area (Å²) in [4.78, 5) is 23.4. The third-order valence-corrected chi connectivity index (χ3v) is 4.18. The number of allylic oxidation sites excluding steroid dienone is 2. The van der Waals surface area contributed by atoms with Crippen LogP contribution in [0.3, 0.4) is 0 Å². The summed E-state index contributed by atoms with van der Waals surface area (Å²) in [6.45, 7) is 9.84. The molecule has 1 aliphatic rings. The van der Waals surface area contributed by atoms with Gasteiger partial charge in [-0.1, -0.05) is 25.5 Å². The molecule has 2 N–H and O–H groups in total. The highest BCUT2D eigenvalue weighted by atomic mass is 16.2. The molecule has 1 fully saturated rings. The largest absolute Gasteiger partial charge is 0.326 e. The maximum Gasteiger partial charge on any atom is 0.228 e. The minimum atomic E-state index is -0.110. The van der Waals surface area contributed by atoms with E-state index in [1.807, 2.05) is 0 Å². The smallest absolute Gasteiger partial charge is 0.228 e. The highest BCUT2D eigenvalue weighted by molar-refractivity contribution is 5.96. The van der Waals surface area contributed by atoms with E-state index in [4.69, 9.17) is 0 Å². The molecule has 1 aromatic rings. The van der Waals surface area contributed by atoms with Crippen molar-refractivity contribution in [2.75, 3.05) is 10.6 Å². The maximum absolute atomic E-state index is 12.4. The van der Waals surface area contributed by atoms with Crippen molar-refractivity contribution in [3.05, 3.63) is 35.9 Å². The SMILES string of the molecule is CC(=O)Nc1ccc(NC(=O)[C@H]2[C@@H](C=C(C)C)C2(C)C)cc1. The van der Waals surface area contributed by atoms with Gasteiger partial charge in [0, 0.05) is 18.3 Å². The zero-order chi connectivity index (χ0) is 16.5. The van der Waals surface area contributed by atoms with Crippen molar-refractivity contribution >= 4 is 23.2 Å². The van der Waals surface area contributed by atoms with Crippen LogP contribution in [0, 0.1) is 17.3 Å².